The molecule has 1 aliphatic carbocycles. The predicted molar refractivity (Wildman–Crippen MR) is 106 cm³/mol. The van der Waals surface area contributed by atoms with Crippen molar-refractivity contribution in [1.29, 1.82) is 0 Å². The van der Waals surface area contributed by atoms with Gasteiger partial charge in [-0.15, -0.1) is 0 Å². The van der Waals surface area contributed by atoms with Crippen molar-refractivity contribution in [2.75, 3.05) is 24.5 Å². The predicted octanol–water partition coefficient (Wildman–Crippen LogP) is 2.93. The molecule has 148 valence electrons. The van der Waals surface area contributed by atoms with Gasteiger partial charge in [-0.05, 0) is 56.1 Å². The number of piperidine rings is 1. The third-order valence-corrected chi connectivity index (χ3v) is 5.95. The number of carbonyl (C=O) groups excluding carboxylic acids is 1. The van der Waals surface area contributed by atoms with Crippen molar-refractivity contribution in [3.05, 3.63) is 33.9 Å². The molecule has 0 radical (unpaired) electrons. The molecule has 27 heavy (non-hydrogen) atoms. The number of anilines is 1. The van der Waals surface area contributed by atoms with Crippen molar-refractivity contribution >= 4 is 17.3 Å². The number of nitrogens with two attached hydrogens (primary N) is 1. The third kappa shape index (κ3) is 4.24. The van der Waals surface area contributed by atoms with Crippen LogP contribution < -0.4 is 16.0 Å². The summed E-state index contributed by atoms with van der Waals surface area (Å²) < 4.78 is 0. The maximum absolute atomic E-state index is 12.7. The highest BCUT2D eigenvalue weighted by molar-refractivity contribution is 5.96. The quantitative estimate of drug-likeness (QED) is 0.589. The molecule has 0 aromatic heterocycles. The van der Waals surface area contributed by atoms with Gasteiger partial charge in [0.05, 0.1) is 10.5 Å². The van der Waals surface area contributed by atoms with Crippen LogP contribution in [0.1, 0.15) is 50.4 Å². The molecule has 7 nitrogen and oxygen atoms in total. The Morgan fingerprint density at radius 2 is 1.96 bits per heavy atom. The van der Waals surface area contributed by atoms with Crippen LogP contribution in [0.15, 0.2) is 18.2 Å². The molecule has 7 heteroatoms. The lowest BCUT2D eigenvalue weighted by atomic mass is 9.91. The van der Waals surface area contributed by atoms with E-state index < -0.39 is 5.54 Å². The van der Waals surface area contributed by atoms with E-state index in [1.54, 1.807) is 12.1 Å². The van der Waals surface area contributed by atoms with E-state index in [4.69, 9.17) is 5.73 Å². The molecule has 3 unspecified atom stereocenters. The van der Waals surface area contributed by atoms with Gasteiger partial charge in [-0.1, -0.05) is 13.8 Å². The van der Waals surface area contributed by atoms with Crippen molar-refractivity contribution in [2.45, 2.75) is 45.6 Å². The number of rotatable bonds is 6. The molecule has 2 fully saturated rings. The molecule has 0 spiro atoms. The highest BCUT2D eigenvalue weighted by atomic mass is 16.6. The van der Waals surface area contributed by atoms with Gasteiger partial charge in [0.1, 0.15) is 5.69 Å². The topological polar surface area (TPSA) is 102 Å². The van der Waals surface area contributed by atoms with Gasteiger partial charge in [0.25, 0.3) is 11.6 Å². The fraction of sp³-hybridized carbons (Fsp3) is 0.650. The van der Waals surface area contributed by atoms with Crippen LogP contribution in [0.4, 0.5) is 11.4 Å². The maximum atomic E-state index is 12.7. The van der Waals surface area contributed by atoms with Gasteiger partial charge in [0.2, 0.25) is 0 Å². The number of nitrogens with one attached hydrogen (secondary N) is 1. The standard InChI is InChI=1S/C20H30N4O3/c1-13-8-14(2)11-23(10-13)17-7-4-15(9-18(17)24(26)27)19(25)22-20(3,12-21)16-5-6-16/h4,7,9,13-14,16H,5-6,8,10-12,21H2,1-3H3,(H,22,25). The molecule has 3 atom stereocenters. The number of benzene rings is 1. The first-order valence-electron chi connectivity index (χ1n) is 9.79. The van der Waals surface area contributed by atoms with Gasteiger partial charge in [0, 0.05) is 31.3 Å². The zero-order chi connectivity index (χ0) is 19.8. The number of carbonyl (C=O) groups is 1. The summed E-state index contributed by atoms with van der Waals surface area (Å²) in [7, 11) is 0. The molecule has 1 saturated carbocycles. The smallest absolute Gasteiger partial charge is 0.293 e. The SMILES string of the molecule is CC1CC(C)CN(c2ccc(C(=O)NC(C)(CN)C3CC3)cc2[N+](=O)[O-])C1. The van der Waals surface area contributed by atoms with E-state index in [0.29, 0.717) is 35.5 Å². The Kier molecular flexibility index (Phi) is 5.42. The zero-order valence-electron chi connectivity index (χ0n) is 16.4. The lowest BCUT2D eigenvalue weighted by Gasteiger charge is -2.36. The van der Waals surface area contributed by atoms with Crippen LogP contribution in [0, 0.1) is 27.9 Å². The molecule has 3 N–H and O–H groups in total. The molecule has 3 rings (SSSR count). The fourth-order valence-corrected chi connectivity index (χ4v) is 4.31. The largest absolute Gasteiger partial charge is 0.365 e. The average Bonchev–Trinajstić information content (AvgIpc) is 3.45. The minimum Gasteiger partial charge on any atom is -0.365 e. The molecule has 1 aromatic carbocycles. The Labute approximate surface area is 160 Å². The van der Waals surface area contributed by atoms with Crippen LogP contribution in [0.25, 0.3) is 0 Å². The first-order valence-corrected chi connectivity index (χ1v) is 9.79. The van der Waals surface area contributed by atoms with Crippen molar-refractivity contribution in [1.82, 2.24) is 5.32 Å². The summed E-state index contributed by atoms with van der Waals surface area (Å²) in [6, 6.07) is 4.80. The van der Waals surface area contributed by atoms with E-state index in [2.05, 4.69) is 24.1 Å². The number of nitro benzene ring substituents is 1. The van der Waals surface area contributed by atoms with E-state index in [9.17, 15) is 14.9 Å². The van der Waals surface area contributed by atoms with E-state index in [0.717, 1.165) is 32.4 Å². The van der Waals surface area contributed by atoms with Crippen LogP contribution in [0.3, 0.4) is 0 Å². The number of nitrogens with zero attached hydrogens (tertiary/aromatic N) is 2. The summed E-state index contributed by atoms with van der Waals surface area (Å²) in [5, 5.41) is 14.7. The Hall–Kier alpha value is -2.15. The normalized spacial score (nSPS) is 25.0. The van der Waals surface area contributed by atoms with Gasteiger partial charge in [-0.2, -0.15) is 0 Å². The van der Waals surface area contributed by atoms with E-state index >= 15 is 0 Å². The van der Waals surface area contributed by atoms with Gasteiger partial charge in [-0.25, -0.2) is 0 Å². The second-order valence-corrected chi connectivity index (χ2v) is 8.66. The van der Waals surface area contributed by atoms with Crippen molar-refractivity contribution in [3.8, 4) is 0 Å². The van der Waals surface area contributed by atoms with Crippen molar-refractivity contribution in [3.63, 3.8) is 0 Å². The third-order valence-electron chi connectivity index (χ3n) is 5.95. The van der Waals surface area contributed by atoms with Crippen LogP contribution in [0.5, 0.6) is 0 Å². The number of nitro groups is 1. The van der Waals surface area contributed by atoms with Gasteiger partial charge in [0.15, 0.2) is 0 Å². The molecular formula is C20H30N4O3. The lowest BCUT2D eigenvalue weighted by molar-refractivity contribution is -0.384. The zero-order valence-corrected chi connectivity index (χ0v) is 16.4. The number of amides is 1. The van der Waals surface area contributed by atoms with Crippen molar-refractivity contribution in [2.24, 2.45) is 23.5 Å². The molecule has 1 amide bonds. The second kappa shape index (κ2) is 7.46. The Balaban J connectivity index is 1.85. The first kappa shape index (κ1) is 19.6. The molecule has 1 saturated heterocycles. The van der Waals surface area contributed by atoms with E-state index in [1.807, 2.05) is 6.92 Å². The summed E-state index contributed by atoms with van der Waals surface area (Å²) in [6.07, 6.45) is 3.24. The van der Waals surface area contributed by atoms with Gasteiger partial charge >= 0.3 is 0 Å². The summed E-state index contributed by atoms with van der Waals surface area (Å²) in [6.45, 7) is 8.23. The average molecular weight is 374 g/mol. The van der Waals surface area contributed by atoms with Gasteiger partial charge in [-0.3, -0.25) is 14.9 Å². The molecule has 1 aliphatic heterocycles. The van der Waals surface area contributed by atoms with E-state index in [1.165, 1.54) is 6.07 Å². The lowest BCUT2D eigenvalue weighted by Crippen LogP contribution is -2.53. The molecule has 0 bridgehead atoms. The van der Waals surface area contributed by atoms with Gasteiger partial charge < -0.3 is 16.0 Å². The first-order chi connectivity index (χ1) is 12.7. The number of hydrogen-bond donors (Lipinski definition) is 2. The summed E-state index contributed by atoms with van der Waals surface area (Å²) in [4.78, 5) is 26.1. The maximum Gasteiger partial charge on any atom is 0.293 e. The highest BCUT2D eigenvalue weighted by Crippen LogP contribution is 2.39. The number of hydrogen-bond acceptors (Lipinski definition) is 5. The fourth-order valence-electron chi connectivity index (χ4n) is 4.31. The Morgan fingerprint density at radius 3 is 2.48 bits per heavy atom. The molecule has 2 aliphatic rings. The van der Waals surface area contributed by atoms with Crippen LogP contribution in [-0.4, -0.2) is 36.0 Å². The second-order valence-electron chi connectivity index (χ2n) is 8.66. The molecular weight excluding hydrogens is 344 g/mol. The molecule has 1 heterocycles. The highest BCUT2D eigenvalue weighted by Gasteiger charge is 2.41. The monoisotopic (exact) mass is 374 g/mol. The van der Waals surface area contributed by atoms with Crippen LogP contribution >= 0.6 is 0 Å². The Bertz CT molecular complexity index is 724. The van der Waals surface area contributed by atoms with Crippen LogP contribution in [0.2, 0.25) is 0 Å². The molecule has 1 aromatic rings. The minimum absolute atomic E-state index is 0.00942. The summed E-state index contributed by atoms with van der Waals surface area (Å²) in [5.74, 6) is 1.06. The van der Waals surface area contributed by atoms with Crippen LogP contribution in [-0.2, 0) is 0 Å². The summed E-state index contributed by atoms with van der Waals surface area (Å²) >= 11 is 0. The van der Waals surface area contributed by atoms with E-state index in [-0.39, 0.29) is 16.5 Å². The van der Waals surface area contributed by atoms with Crippen molar-refractivity contribution < 1.29 is 9.72 Å². The Morgan fingerprint density at radius 1 is 1.33 bits per heavy atom. The minimum atomic E-state index is -0.456. The summed E-state index contributed by atoms with van der Waals surface area (Å²) in [5.41, 5.74) is 6.31.